The lowest BCUT2D eigenvalue weighted by atomic mass is 10.1. The number of aromatic carboxylic acids is 1. The fraction of sp³-hybridized carbons (Fsp3) is 0.143. The molecule has 104 valence electrons. The number of carboxylic acids is 1. The summed E-state index contributed by atoms with van der Waals surface area (Å²) >= 11 is 4.86. The summed E-state index contributed by atoms with van der Waals surface area (Å²) in [5.41, 5.74) is 0.390. The molecule has 1 aromatic heterocycles. The molecule has 0 bridgehead atoms. The number of benzene rings is 1. The van der Waals surface area contributed by atoms with Gasteiger partial charge in [-0.25, -0.2) is 4.79 Å². The van der Waals surface area contributed by atoms with Crippen molar-refractivity contribution in [3.63, 3.8) is 0 Å². The van der Waals surface area contributed by atoms with E-state index in [2.05, 4.69) is 21.2 Å². The van der Waals surface area contributed by atoms with Crippen molar-refractivity contribution < 1.29 is 14.7 Å². The number of anilines is 1. The SMILES string of the molecule is O=C(CCc1cccs1)Nc1cc(Br)ccc1C(=O)O. The van der Waals surface area contributed by atoms with Crippen molar-refractivity contribution in [3.05, 3.63) is 50.6 Å². The van der Waals surface area contributed by atoms with Crippen molar-refractivity contribution >= 4 is 44.8 Å². The topological polar surface area (TPSA) is 66.4 Å². The summed E-state index contributed by atoms with van der Waals surface area (Å²) in [6.07, 6.45) is 0.978. The standard InChI is InChI=1S/C14H12BrNO3S/c15-9-3-5-11(14(18)19)12(8-9)16-13(17)6-4-10-2-1-7-20-10/h1-3,5,7-8H,4,6H2,(H,16,17)(H,18,19). The molecule has 1 amide bonds. The Kier molecular flexibility index (Phi) is 4.92. The molecule has 0 aliphatic rings. The van der Waals surface area contributed by atoms with Gasteiger partial charge in [0.1, 0.15) is 0 Å². The van der Waals surface area contributed by atoms with Gasteiger partial charge in [-0.1, -0.05) is 22.0 Å². The highest BCUT2D eigenvalue weighted by Crippen LogP contribution is 2.22. The first kappa shape index (κ1) is 14.7. The van der Waals surface area contributed by atoms with Crippen LogP contribution in [0.1, 0.15) is 21.7 Å². The Morgan fingerprint density at radius 1 is 1.30 bits per heavy atom. The Balaban J connectivity index is 2.03. The summed E-state index contributed by atoms with van der Waals surface area (Å²) in [5.74, 6) is -1.26. The Labute approximate surface area is 128 Å². The smallest absolute Gasteiger partial charge is 0.337 e. The summed E-state index contributed by atoms with van der Waals surface area (Å²) < 4.78 is 0.719. The van der Waals surface area contributed by atoms with Crippen LogP contribution in [0.4, 0.5) is 5.69 Å². The van der Waals surface area contributed by atoms with Crippen LogP contribution in [0.25, 0.3) is 0 Å². The van der Waals surface area contributed by atoms with E-state index in [1.807, 2.05) is 17.5 Å². The van der Waals surface area contributed by atoms with E-state index in [0.29, 0.717) is 18.5 Å². The maximum Gasteiger partial charge on any atom is 0.337 e. The van der Waals surface area contributed by atoms with Gasteiger partial charge in [0.25, 0.3) is 0 Å². The highest BCUT2D eigenvalue weighted by molar-refractivity contribution is 9.10. The van der Waals surface area contributed by atoms with Gasteiger partial charge in [-0.15, -0.1) is 11.3 Å². The molecule has 2 N–H and O–H groups in total. The molecule has 0 atom stereocenters. The Morgan fingerprint density at radius 2 is 2.10 bits per heavy atom. The minimum absolute atomic E-state index is 0.0812. The second kappa shape index (κ2) is 6.67. The number of aryl methyl sites for hydroxylation is 1. The van der Waals surface area contributed by atoms with Crippen LogP contribution >= 0.6 is 27.3 Å². The molecule has 0 aliphatic heterocycles. The first-order valence-electron chi connectivity index (χ1n) is 5.91. The van der Waals surface area contributed by atoms with Gasteiger partial charge in [0, 0.05) is 15.8 Å². The molecule has 1 aromatic carbocycles. The Morgan fingerprint density at radius 3 is 2.75 bits per heavy atom. The number of hydrogen-bond donors (Lipinski definition) is 2. The molecule has 0 radical (unpaired) electrons. The molecular formula is C14H12BrNO3S. The molecule has 4 nitrogen and oxygen atoms in total. The Hall–Kier alpha value is -1.66. The molecule has 0 aliphatic carbocycles. The quantitative estimate of drug-likeness (QED) is 0.859. The summed E-state index contributed by atoms with van der Waals surface area (Å²) in [6.45, 7) is 0. The average Bonchev–Trinajstić information content (AvgIpc) is 2.89. The highest BCUT2D eigenvalue weighted by atomic mass is 79.9. The van der Waals surface area contributed by atoms with Crippen LogP contribution < -0.4 is 5.32 Å². The third kappa shape index (κ3) is 3.91. The molecule has 0 unspecified atom stereocenters. The third-order valence-electron chi connectivity index (χ3n) is 2.66. The van der Waals surface area contributed by atoms with Gasteiger partial charge < -0.3 is 10.4 Å². The predicted octanol–water partition coefficient (Wildman–Crippen LogP) is 3.78. The van der Waals surface area contributed by atoms with Crippen molar-refractivity contribution in [1.82, 2.24) is 0 Å². The average molecular weight is 354 g/mol. The fourth-order valence-electron chi connectivity index (χ4n) is 1.71. The van der Waals surface area contributed by atoms with Gasteiger partial charge in [0.05, 0.1) is 11.3 Å². The third-order valence-corrected chi connectivity index (χ3v) is 4.09. The largest absolute Gasteiger partial charge is 0.478 e. The molecule has 6 heteroatoms. The first-order valence-corrected chi connectivity index (χ1v) is 7.58. The number of carbonyl (C=O) groups excluding carboxylic acids is 1. The van der Waals surface area contributed by atoms with Gasteiger partial charge in [-0.05, 0) is 36.1 Å². The van der Waals surface area contributed by atoms with Crippen molar-refractivity contribution in [2.75, 3.05) is 5.32 Å². The van der Waals surface area contributed by atoms with Crippen molar-refractivity contribution in [1.29, 1.82) is 0 Å². The molecule has 2 rings (SSSR count). The van der Waals surface area contributed by atoms with Crippen LogP contribution in [0.2, 0.25) is 0 Å². The van der Waals surface area contributed by atoms with Gasteiger partial charge >= 0.3 is 5.97 Å². The van der Waals surface area contributed by atoms with Crippen LogP contribution in [0.3, 0.4) is 0 Å². The zero-order chi connectivity index (χ0) is 14.5. The Bertz CT molecular complexity index is 625. The van der Waals surface area contributed by atoms with E-state index in [9.17, 15) is 9.59 Å². The van der Waals surface area contributed by atoms with E-state index in [0.717, 1.165) is 9.35 Å². The van der Waals surface area contributed by atoms with Crippen LogP contribution in [-0.2, 0) is 11.2 Å². The molecule has 0 fully saturated rings. The lowest BCUT2D eigenvalue weighted by molar-refractivity contribution is -0.116. The number of thiophene rings is 1. The van der Waals surface area contributed by atoms with Gasteiger partial charge in [-0.3, -0.25) is 4.79 Å². The second-order valence-electron chi connectivity index (χ2n) is 4.12. The molecular weight excluding hydrogens is 342 g/mol. The van der Waals surface area contributed by atoms with E-state index in [1.165, 1.54) is 6.07 Å². The van der Waals surface area contributed by atoms with Crippen LogP contribution in [0.15, 0.2) is 40.2 Å². The highest BCUT2D eigenvalue weighted by Gasteiger charge is 2.13. The van der Waals surface area contributed by atoms with E-state index < -0.39 is 5.97 Å². The van der Waals surface area contributed by atoms with Crippen molar-refractivity contribution in [3.8, 4) is 0 Å². The zero-order valence-corrected chi connectivity index (χ0v) is 12.8. The van der Waals surface area contributed by atoms with E-state index in [1.54, 1.807) is 23.5 Å². The summed E-state index contributed by atoms with van der Waals surface area (Å²) in [4.78, 5) is 24.1. The predicted molar refractivity (Wildman–Crippen MR) is 82.4 cm³/mol. The first-order chi connectivity index (χ1) is 9.56. The number of hydrogen-bond acceptors (Lipinski definition) is 3. The van der Waals surface area contributed by atoms with Gasteiger partial charge in [0.2, 0.25) is 5.91 Å². The number of halogens is 1. The number of carboxylic acid groups (broad SMARTS) is 1. The number of nitrogens with one attached hydrogen (secondary N) is 1. The fourth-order valence-corrected chi connectivity index (χ4v) is 2.78. The normalized spacial score (nSPS) is 10.2. The number of amides is 1. The maximum atomic E-state index is 11.9. The van der Waals surface area contributed by atoms with E-state index in [-0.39, 0.29) is 11.5 Å². The second-order valence-corrected chi connectivity index (χ2v) is 6.07. The molecule has 0 spiro atoms. The van der Waals surface area contributed by atoms with Gasteiger partial charge in [0.15, 0.2) is 0 Å². The molecule has 0 saturated carbocycles. The molecule has 0 saturated heterocycles. The van der Waals surface area contributed by atoms with Crippen LogP contribution in [0.5, 0.6) is 0 Å². The van der Waals surface area contributed by atoms with Crippen LogP contribution in [-0.4, -0.2) is 17.0 Å². The molecule has 2 aromatic rings. The molecule has 20 heavy (non-hydrogen) atoms. The molecule has 1 heterocycles. The number of rotatable bonds is 5. The van der Waals surface area contributed by atoms with E-state index in [4.69, 9.17) is 5.11 Å². The summed E-state index contributed by atoms with van der Waals surface area (Å²) in [7, 11) is 0. The maximum absolute atomic E-state index is 11.9. The van der Waals surface area contributed by atoms with Gasteiger partial charge in [-0.2, -0.15) is 0 Å². The summed E-state index contributed by atoms with van der Waals surface area (Å²) in [6, 6.07) is 8.59. The van der Waals surface area contributed by atoms with Crippen molar-refractivity contribution in [2.24, 2.45) is 0 Å². The van der Waals surface area contributed by atoms with Crippen LogP contribution in [0, 0.1) is 0 Å². The lowest BCUT2D eigenvalue weighted by Gasteiger charge is -2.08. The zero-order valence-electron chi connectivity index (χ0n) is 10.4. The lowest BCUT2D eigenvalue weighted by Crippen LogP contribution is -2.15. The monoisotopic (exact) mass is 353 g/mol. The van der Waals surface area contributed by atoms with E-state index >= 15 is 0 Å². The minimum Gasteiger partial charge on any atom is -0.478 e. The minimum atomic E-state index is -1.06. The number of carbonyl (C=O) groups is 2. The van der Waals surface area contributed by atoms with Crippen molar-refractivity contribution in [2.45, 2.75) is 12.8 Å². The summed E-state index contributed by atoms with van der Waals surface area (Å²) in [5, 5.41) is 13.7.